The van der Waals surface area contributed by atoms with E-state index in [2.05, 4.69) is 22.5 Å². The van der Waals surface area contributed by atoms with Gasteiger partial charge >= 0.3 is 5.97 Å². The summed E-state index contributed by atoms with van der Waals surface area (Å²) in [5, 5.41) is 16.5. The van der Waals surface area contributed by atoms with E-state index in [0.29, 0.717) is 0 Å². The first kappa shape index (κ1) is 13.8. The molecule has 3 N–H and O–H groups in total. The summed E-state index contributed by atoms with van der Waals surface area (Å²) in [5.41, 5.74) is -0.647. The average Bonchev–Trinajstić information content (AvgIpc) is 2.67. The molecule has 0 spiro atoms. The van der Waals surface area contributed by atoms with Crippen molar-refractivity contribution in [1.82, 2.24) is 15.5 Å². The number of piperidine rings is 1. The largest absolute Gasteiger partial charge is 0.480 e. The van der Waals surface area contributed by atoms with E-state index < -0.39 is 11.5 Å². The molecule has 0 aromatic carbocycles. The number of carboxylic acid groups (broad SMARTS) is 1. The van der Waals surface area contributed by atoms with Crippen molar-refractivity contribution >= 4 is 5.97 Å². The second-order valence-electron chi connectivity index (χ2n) is 5.38. The van der Waals surface area contributed by atoms with Crippen LogP contribution in [-0.2, 0) is 4.79 Å². The number of aliphatic carboxylic acids is 1. The molecule has 0 amide bonds. The number of carbonyl (C=O) groups is 1. The first-order valence-corrected chi connectivity index (χ1v) is 7.11. The van der Waals surface area contributed by atoms with E-state index in [1.807, 2.05) is 0 Å². The molecule has 2 aliphatic rings. The van der Waals surface area contributed by atoms with Gasteiger partial charge in [0, 0.05) is 32.1 Å². The average molecular weight is 255 g/mol. The zero-order chi connectivity index (χ0) is 13.0. The van der Waals surface area contributed by atoms with Crippen LogP contribution >= 0.6 is 0 Å². The Morgan fingerprint density at radius 3 is 2.89 bits per heavy atom. The Hall–Kier alpha value is -0.650. The van der Waals surface area contributed by atoms with Crippen LogP contribution in [0.2, 0.25) is 0 Å². The van der Waals surface area contributed by atoms with Crippen molar-refractivity contribution in [3.8, 4) is 0 Å². The lowest BCUT2D eigenvalue weighted by molar-refractivity contribution is -0.158. The van der Waals surface area contributed by atoms with Gasteiger partial charge in [0.2, 0.25) is 0 Å². The van der Waals surface area contributed by atoms with Gasteiger partial charge in [-0.15, -0.1) is 0 Å². The number of carboxylic acids is 1. The third-order valence-electron chi connectivity index (χ3n) is 4.52. The molecule has 5 nitrogen and oxygen atoms in total. The molecule has 0 aliphatic carbocycles. The predicted molar refractivity (Wildman–Crippen MR) is 70.7 cm³/mol. The molecule has 0 saturated carbocycles. The van der Waals surface area contributed by atoms with E-state index in [-0.39, 0.29) is 5.92 Å². The molecule has 0 aromatic heterocycles. The van der Waals surface area contributed by atoms with Crippen molar-refractivity contribution in [2.24, 2.45) is 5.92 Å². The lowest BCUT2D eigenvalue weighted by Crippen LogP contribution is -2.65. The van der Waals surface area contributed by atoms with Crippen LogP contribution in [0, 0.1) is 5.92 Å². The molecule has 2 fully saturated rings. The Morgan fingerprint density at radius 2 is 2.17 bits per heavy atom. The molecule has 0 aromatic rings. The highest BCUT2D eigenvalue weighted by atomic mass is 16.4. The van der Waals surface area contributed by atoms with Crippen molar-refractivity contribution in [3.05, 3.63) is 0 Å². The van der Waals surface area contributed by atoms with E-state index in [0.717, 1.165) is 58.5 Å². The molecule has 104 valence electrons. The maximum Gasteiger partial charge on any atom is 0.324 e. The molecule has 2 saturated heterocycles. The fraction of sp³-hybridized carbons (Fsp3) is 0.923. The summed E-state index contributed by atoms with van der Waals surface area (Å²) in [6, 6.07) is 0. The van der Waals surface area contributed by atoms with Gasteiger partial charge < -0.3 is 15.7 Å². The number of rotatable bonds is 3. The molecule has 2 rings (SSSR count). The van der Waals surface area contributed by atoms with E-state index in [4.69, 9.17) is 0 Å². The van der Waals surface area contributed by atoms with Crippen LogP contribution in [0.4, 0.5) is 0 Å². The highest BCUT2D eigenvalue weighted by Crippen LogP contribution is 2.34. The lowest BCUT2D eigenvalue weighted by atomic mass is 9.75. The third-order valence-corrected chi connectivity index (χ3v) is 4.52. The summed E-state index contributed by atoms with van der Waals surface area (Å²) >= 11 is 0. The third kappa shape index (κ3) is 2.39. The molecular formula is C13H25N3O2. The van der Waals surface area contributed by atoms with E-state index >= 15 is 0 Å². The fourth-order valence-electron chi connectivity index (χ4n) is 3.49. The number of hydrogen-bond acceptors (Lipinski definition) is 4. The molecule has 0 bridgehead atoms. The molecule has 2 aliphatic heterocycles. The summed E-state index contributed by atoms with van der Waals surface area (Å²) in [5.74, 6) is -0.417. The zero-order valence-electron chi connectivity index (χ0n) is 11.2. The highest BCUT2D eigenvalue weighted by Gasteiger charge is 2.50. The summed E-state index contributed by atoms with van der Waals surface area (Å²) in [6.07, 6.45) is 2.68. The van der Waals surface area contributed by atoms with Gasteiger partial charge in [-0.3, -0.25) is 9.69 Å². The Bertz CT molecular complexity index is 290. The van der Waals surface area contributed by atoms with Gasteiger partial charge in [0.1, 0.15) is 5.54 Å². The number of hydrogen-bond donors (Lipinski definition) is 3. The number of nitrogens with one attached hydrogen (secondary N) is 2. The molecular weight excluding hydrogens is 230 g/mol. The topological polar surface area (TPSA) is 64.6 Å². The van der Waals surface area contributed by atoms with E-state index in [9.17, 15) is 9.90 Å². The first-order chi connectivity index (χ1) is 8.71. The molecule has 5 heteroatoms. The van der Waals surface area contributed by atoms with Crippen LogP contribution in [-0.4, -0.2) is 60.8 Å². The second kappa shape index (κ2) is 5.99. The minimum Gasteiger partial charge on any atom is -0.480 e. The standard InChI is InChI=1S/C13H25N3O2/c1-2-11-10-15-6-4-13(11,12(17)18)16-8-3-5-14-7-9-16/h11,14-15H,2-10H2,1H3,(H,17,18). The van der Waals surface area contributed by atoms with Crippen molar-refractivity contribution in [2.75, 3.05) is 39.3 Å². The summed E-state index contributed by atoms with van der Waals surface area (Å²) in [6.45, 7) is 7.39. The molecule has 2 unspecified atom stereocenters. The van der Waals surface area contributed by atoms with Crippen molar-refractivity contribution < 1.29 is 9.90 Å². The minimum absolute atomic E-state index is 0.210. The van der Waals surface area contributed by atoms with Crippen LogP contribution < -0.4 is 10.6 Å². The van der Waals surface area contributed by atoms with Crippen LogP contribution in [0.25, 0.3) is 0 Å². The molecule has 2 heterocycles. The second-order valence-corrected chi connectivity index (χ2v) is 5.38. The van der Waals surface area contributed by atoms with Crippen LogP contribution in [0.5, 0.6) is 0 Å². The van der Waals surface area contributed by atoms with Gasteiger partial charge in [0.15, 0.2) is 0 Å². The summed E-state index contributed by atoms with van der Waals surface area (Å²) < 4.78 is 0. The first-order valence-electron chi connectivity index (χ1n) is 7.11. The molecule has 18 heavy (non-hydrogen) atoms. The van der Waals surface area contributed by atoms with Gasteiger partial charge in [-0.1, -0.05) is 6.92 Å². The van der Waals surface area contributed by atoms with Crippen LogP contribution in [0.1, 0.15) is 26.2 Å². The van der Waals surface area contributed by atoms with Gasteiger partial charge in [0.05, 0.1) is 0 Å². The van der Waals surface area contributed by atoms with Crippen molar-refractivity contribution in [2.45, 2.75) is 31.7 Å². The lowest BCUT2D eigenvalue weighted by Gasteiger charge is -2.48. The predicted octanol–water partition coefficient (Wildman–Crippen LogP) is 0.125. The quantitative estimate of drug-likeness (QED) is 0.669. The van der Waals surface area contributed by atoms with E-state index in [1.54, 1.807) is 0 Å². The smallest absolute Gasteiger partial charge is 0.324 e. The SMILES string of the molecule is CCC1CNCCC1(C(=O)O)N1CCCNCC1. The normalized spacial score (nSPS) is 35.1. The maximum absolute atomic E-state index is 12.0. The minimum atomic E-state index is -0.647. The Morgan fingerprint density at radius 1 is 1.33 bits per heavy atom. The van der Waals surface area contributed by atoms with Crippen LogP contribution in [0.15, 0.2) is 0 Å². The molecule has 2 atom stereocenters. The van der Waals surface area contributed by atoms with Crippen molar-refractivity contribution in [3.63, 3.8) is 0 Å². The fourth-order valence-corrected chi connectivity index (χ4v) is 3.49. The van der Waals surface area contributed by atoms with Crippen molar-refractivity contribution in [1.29, 1.82) is 0 Å². The van der Waals surface area contributed by atoms with Gasteiger partial charge in [-0.05, 0) is 32.4 Å². The molecule has 0 radical (unpaired) electrons. The Labute approximate surface area is 109 Å². The Balaban J connectivity index is 2.25. The van der Waals surface area contributed by atoms with E-state index in [1.165, 1.54) is 0 Å². The zero-order valence-corrected chi connectivity index (χ0v) is 11.2. The van der Waals surface area contributed by atoms with Gasteiger partial charge in [-0.25, -0.2) is 0 Å². The summed E-state index contributed by atoms with van der Waals surface area (Å²) in [7, 11) is 0. The highest BCUT2D eigenvalue weighted by molar-refractivity contribution is 5.79. The Kier molecular flexibility index (Phi) is 4.59. The number of nitrogens with zero attached hydrogens (tertiary/aromatic N) is 1. The van der Waals surface area contributed by atoms with Gasteiger partial charge in [0.25, 0.3) is 0 Å². The maximum atomic E-state index is 12.0. The van der Waals surface area contributed by atoms with Gasteiger partial charge in [-0.2, -0.15) is 0 Å². The summed E-state index contributed by atoms with van der Waals surface area (Å²) in [4.78, 5) is 14.2. The van der Waals surface area contributed by atoms with Crippen LogP contribution in [0.3, 0.4) is 0 Å². The monoisotopic (exact) mass is 255 g/mol.